The zero-order valence-corrected chi connectivity index (χ0v) is 15.5. The average molecular weight is 378 g/mol. The van der Waals surface area contributed by atoms with Crippen LogP contribution in [0.25, 0.3) is 0 Å². The van der Waals surface area contributed by atoms with Crippen molar-refractivity contribution in [2.45, 2.75) is 95.5 Å². The van der Waals surface area contributed by atoms with Crippen LogP contribution in [0.2, 0.25) is 0 Å². The van der Waals surface area contributed by atoms with Crippen LogP contribution in [0.4, 0.5) is 0 Å². The Bertz CT molecular complexity index is 387. The van der Waals surface area contributed by atoms with Gasteiger partial charge in [-0.25, -0.2) is 4.79 Å². The topological polar surface area (TPSA) is 145 Å². The fraction of sp³-hybridized carbons (Fsp3) is 0.889. The average Bonchev–Trinajstić information content (AvgIpc) is 2.62. The van der Waals surface area contributed by atoms with E-state index in [0.717, 1.165) is 19.3 Å². The number of carboxylic acid groups (broad SMARTS) is 1. The van der Waals surface area contributed by atoms with E-state index in [1.165, 1.54) is 32.1 Å². The highest BCUT2D eigenvalue weighted by Gasteiger charge is 2.34. The van der Waals surface area contributed by atoms with Gasteiger partial charge >= 0.3 is 11.9 Å². The van der Waals surface area contributed by atoms with Crippen molar-refractivity contribution in [1.29, 1.82) is 0 Å². The fourth-order valence-corrected chi connectivity index (χ4v) is 2.49. The summed E-state index contributed by atoms with van der Waals surface area (Å²) < 4.78 is 4.80. The van der Waals surface area contributed by atoms with E-state index in [0.29, 0.717) is 6.42 Å². The maximum Gasteiger partial charge on any atom is 0.335 e. The summed E-state index contributed by atoms with van der Waals surface area (Å²) in [6.45, 7) is 1.60. The second kappa shape index (κ2) is 14.9. The lowest BCUT2D eigenvalue weighted by Crippen LogP contribution is -2.49. The SMILES string of the molecule is CCCCCCCCCCCC(=O)OC[C@@H](O)[C@@H](O)[C@H](O)[C@@H](O)C(=O)O. The van der Waals surface area contributed by atoms with Gasteiger partial charge in [0.1, 0.15) is 24.9 Å². The summed E-state index contributed by atoms with van der Waals surface area (Å²) in [5, 5.41) is 46.2. The maximum atomic E-state index is 11.6. The molecule has 0 unspecified atom stereocenters. The molecule has 0 heterocycles. The highest BCUT2D eigenvalue weighted by molar-refractivity contribution is 5.72. The van der Waals surface area contributed by atoms with Crippen LogP contribution < -0.4 is 0 Å². The number of aliphatic hydroxyl groups is 4. The van der Waals surface area contributed by atoms with Crippen molar-refractivity contribution >= 4 is 11.9 Å². The van der Waals surface area contributed by atoms with Crippen molar-refractivity contribution in [3.63, 3.8) is 0 Å². The molecule has 0 amide bonds. The number of unbranched alkanes of at least 4 members (excludes halogenated alkanes) is 8. The lowest BCUT2D eigenvalue weighted by atomic mass is 10.0. The first-order chi connectivity index (χ1) is 12.3. The van der Waals surface area contributed by atoms with E-state index < -0.39 is 43.0 Å². The van der Waals surface area contributed by atoms with Crippen molar-refractivity contribution in [1.82, 2.24) is 0 Å². The number of rotatable bonds is 16. The third kappa shape index (κ3) is 11.4. The first-order valence-electron chi connectivity index (χ1n) is 9.42. The zero-order chi connectivity index (χ0) is 19.9. The Morgan fingerprint density at radius 2 is 1.31 bits per heavy atom. The van der Waals surface area contributed by atoms with Crippen LogP contribution in [0, 0.1) is 0 Å². The van der Waals surface area contributed by atoms with E-state index in [1.54, 1.807) is 0 Å². The Morgan fingerprint density at radius 3 is 1.81 bits per heavy atom. The third-order valence-electron chi connectivity index (χ3n) is 4.22. The number of aliphatic carboxylic acids is 1. The van der Waals surface area contributed by atoms with Crippen molar-refractivity contribution in [3.05, 3.63) is 0 Å². The van der Waals surface area contributed by atoms with Gasteiger partial charge in [0.05, 0.1) is 0 Å². The Balaban J connectivity index is 3.76. The van der Waals surface area contributed by atoms with Gasteiger partial charge < -0.3 is 30.3 Å². The van der Waals surface area contributed by atoms with Crippen LogP contribution in [0.5, 0.6) is 0 Å². The molecule has 8 heteroatoms. The Kier molecular flexibility index (Phi) is 14.2. The number of hydrogen-bond donors (Lipinski definition) is 5. The molecular weight excluding hydrogens is 344 g/mol. The molecule has 0 saturated heterocycles. The molecule has 0 aliphatic carbocycles. The molecule has 0 aromatic heterocycles. The molecule has 0 aromatic rings. The zero-order valence-electron chi connectivity index (χ0n) is 15.5. The molecule has 0 radical (unpaired) electrons. The molecule has 0 aliphatic heterocycles. The minimum Gasteiger partial charge on any atom is -0.479 e. The van der Waals surface area contributed by atoms with Crippen molar-refractivity contribution in [2.24, 2.45) is 0 Å². The van der Waals surface area contributed by atoms with Gasteiger partial charge in [-0.05, 0) is 6.42 Å². The number of carbonyl (C=O) groups is 2. The van der Waals surface area contributed by atoms with Gasteiger partial charge in [0.25, 0.3) is 0 Å². The van der Waals surface area contributed by atoms with Crippen LogP contribution in [-0.2, 0) is 14.3 Å². The molecule has 0 saturated carbocycles. The molecule has 0 aromatic carbocycles. The summed E-state index contributed by atoms with van der Waals surface area (Å²) in [5.74, 6) is -2.27. The second-order valence-corrected chi connectivity index (χ2v) is 6.59. The van der Waals surface area contributed by atoms with Crippen LogP contribution in [0.3, 0.4) is 0 Å². The Morgan fingerprint density at radius 1 is 0.808 bits per heavy atom. The standard InChI is InChI=1S/C18H34O8/c1-2-3-4-5-6-7-8-9-10-11-14(20)26-12-13(19)15(21)16(22)17(23)18(24)25/h13,15-17,19,21-23H,2-12H2,1H3,(H,24,25)/t13-,15-,16+,17-/m1/s1. The molecular formula is C18H34O8. The number of carbonyl (C=O) groups excluding carboxylic acids is 1. The normalized spacial score (nSPS) is 15.9. The van der Waals surface area contributed by atoms with Gasteiger partial charge in [0.15, 0.2) is 6.10 Å². The van der Waals surface area contributed by atoms with Gasteiger partial charge in [-0.2, -0.15) is 0 Å². The molecule has 0 aliphatic rings. The highest BCUT2D eigenvalue weighted by Crippen LogP contribution is 2.11. The van der Waals surface area contributed by atoms with Crippen molar-refractivity contribution in [3.8, 4) is 0 Å². The molecule has 5 N–H and O–H groups in total. The summed E-state index contributed by atoms with van der Waals surface area (Å²) in [6, 6.07) is 0. The largest absolute Gasteiger partial charge is 0.479 e. The number of ether oxygens (including phenoxy) is 1. The van der Waals surface area contributed by atoms with E-state index in [1.807, 2.05) is 0 Å². The van der Waals surface area contributed by atoms with E-state index in [9.17, 15) is 24.9 Å². The number of hydrogen-bond acceptors (Lipinski definition) is 7. The van der Waals surface area contributed by atoms with Gasteiger partial charge in [-0.1, -0.05) is 58.3 Å². The monoisotopic (exact) mass is 378 g/mol. The summed E-state index contributed by atoms with van der Waals surface area (Å²) in [7, 11) is 0. The van der Waals surface area contributed by atoms with E-state index in [2.05, 4.69) is 6.92 Å². The Hall–Kier alpha value is -1.22. The minimum absolute atomic E-state index is 0.193. The molecule has 0 rings (SSSR count). The van der Waals surface area contributed by atoms with Crippen LogP contribution in [0.1, 0.15) is 71.1 Å². The van der Waals surface area contributed by atoms with Crippen molar-refractivity contribution in [2.75, 3.05) is 6.61 Å². The van der Waals surface area contributed by atoms with Crippen LogP contribution in [0.15, 0.2) is 0 Å². The van der Waals surface area contributed by atoms with E-state index in [4.69, 9.17) is 14.9 Å². The molecule has 0 fully saturated rings. The summed E-state index contributed by atoms with van der Waals surface area (Å²) in [5.41, 5.74) is 0. The summed E-state index contributed by atoms with van der Waals surface area (Å²) in [4.78, 5) is 22.1. The predicted octanol–water partition coefficient (Wildman–Crippen LogP) is 0.979. The van der Waals surface area contributed by atoms with Gasteiger partial charge in [-0.3, -0.25) is 4.79 Å². The molecule has 154 valence electrons. The minimum atomic E-state index is -2.24. The van der Waals surface area contributed by atoms with Crippen LogP contribution >= 0.6 is 0 Å². The first-order valence-corrected chi connectivity index (χ1v) is 9.42. The lowest BCUT2D eigenvalue weighted by Gasteiger charge is -2.24. The van der Waals surface area contributed by atoms with Gasteiger partial charge in [0, 0.05) is 6.42 Å². The quantitative estimate of drug-likeness (QED) is 0.197. The molecule has 0 bridgehead atoms. The molecule has 0 spiro atoms. The third-order valence-corrected chi connectivity index (χ3v) is 4.22. The van der Waals surface area contributed by atoms with E-state index >= 15 is 0 Å². The smallest absolute Gasteiger partial charge is 0.335 e. The molecule has 4 atom stereocenters. The number of aliphatic hydroxyl groups excluding tert-OH is 4. The van der Waals surface area contributed by atoms with Crippen LogP contribution in [-0.4, -0.2) is 68.5 Å². The second-order valence-electron chi connectivity index (χ2n) is 6.59. The summed E-state index contributed by atoms with van der Waals surface area (Å²) in [6.07, 6.45) is 2.26. The highest BCUT2D eigenvalue weighted by atomic mass is 16.5. The fourth-order valence-electron chi connectivity index (χ4n) is 2.49. The van der Waals surface area contributed by atoms with Crippen molar-refractivity contribution < 1.29 is 39.9 Å². The molecule has 26 heavy (non-hydrogen) atoms. The predicted molar refractivity (Wildman–Crippen MR) is 94.5 cm³/mol. The number of esters is 1. The van der Waals surface area contributed by atoms with Gasteiger partial charge in [0.2, 0.25) is 0 Å². The summed E-state index contributed by atoms with van der Waals surface area (Å²) >= 11 is 0. The van der Waals surface area contributed by atoms with Gasteiger partial charge in [-0.15, -0.1) is 0 Å². The molecule has 8 nitrogen and oxygen atoms in total. The first kappa shape index (κ1) is 24.8. The lowest BCUT2D eigenvalue weighted by molar-refractivity contribution is -0.168. The van der Waals surface area contributed by atoms with E-state index in [-0.39, 0.29) is 6.42 Å². The number of carboxylic acids is 1. The maximum absolute atomic E-state index is 11.6. The Labute approximate surface area is 154 Å².